The number of hydrogen-bond acceptors (Lipinski definition) is 5. The number of aromatic nitrogens is 1. The van der Waals surface area contributed by atoms with Crippen molar-refractivity contribution in [3.05, 3.63) is 41.4 Å². The van der Waals surface area contributed by atoms with Crippen molar-refractivity contribution in [2.24, 2.45) is 5.92 Å². The summed E-state index contributed by atoms with van der Waals surface area (Å²) in [5.41, 5.74) is 0.930. The van der Waals surface area contributed by atoms with Crippen molar-refractivity contribution in [1.29, 1.82) is 0 Å². The number of carboxylic acid groups (broad SMARTS) is 1. The Morgan fingerprint density at radius 3 is 2.84 bits per heavy atom. The van der Waals surface area contributed by atoms with Gasteiger partial charge in [-0.05, 0) is 25.0 Å². The number of nitrogens with zero attached hydrogens (tertiary/aromatic N) is 1. The fourth-order valence-corrected chi connectivity index (χ4v) is 4.19. The first kappa shape index (κ1) is 17.6. The summed E-state index contributed by atoms with van der Waals surface area (Å²) in [5, 5.41) is 12.7. The molecule has 1 aliphatic rings. The molecule has 0 bridgehead atoms. The molecule has 1 amide bonds. The lowest BCUT2D eigenvalue weighted by atomic mass is 9.82. The van der Waals surface area contributed by atoms with Crippen LogP contribution in [0.5, 0.6) is 0 Å². The van der Waals surface area contributed by atoms with E-state index in [2.05, 4.69) is 16.4 Å². The molecule has 2 aromatic rings. The highest BCUT2D eigenvalue weighted by atomic mass is 32.1. The molecule has 0 saturated carbocycles. The van der Waals surface area contributed by atoms with Gasteiger partial charge >= 0.3 is 5.97 Å². The smallest absolute Gasteiger partial charge is 0.328 e. The molecular weight excluding hydrogens is 340 g/mol. The Labute approximate surface area is 149 Å². The number of ether oxygens (including phenoxy) is 1. The second-order valence-electron chi connectivity index (χ2n) is 6.03. The van der Waals surface area contributed by atoms with Crippen LogP contribution in [0.25, 0.3) is 10.2 Å². The Hall–Kier alpha value is -2.25. The molecule has 3 rings (SSSR count). The van der Waals surface area contributed by atoms with Crippen molar-refractivity contribution in [2.75, 3.05) is 13.7 Å². The van der Waals surface area contributed by atoms with E-state index in [1.807, 2.05) is 30.3 Å². The number of carbonyl (C=O) groups excluding carboxylic acids is 1. The summed E-state index contributed by atoms with van der Waals surface area (Å²) < 4.78 is 5.98. The molecule has 6 nitrogen and oxygen atoms in total. The SMILES string of the molecule is COCC(NC(=O)C1CC=CCC1c1nc2ccccc2s1)C(=O)O. The lowest BCUT2D eigenvalue weighted by molar-refractivity contribution is -0.144. The summed E-state index contributed by atoms with van der Waals surface area (Å²) in [6.07, 6.45) is 5.33. The summed E-state index contributed by atoms with van der Waals surface area (Å²) in [6, 6.07) is 6.85. The van der Waals surface area contributed by atoms with E-state index in [1.165, 1.54) is 7.11 Å². The molecule has 0 aliphatic heterocycles. The van der Waals surface area contributed by atoms with Gasteiger partial charge in [-0.2, -0.15) is 0 Å². The van der Waals surface area contributed by atoms with Crippen LogP contribution < -0.4 is 5.32 Å². The molecule has 132 valence electrons. The van der Waals surface area contributed by atoms with Gasteiger partial charge in [0.25, 0.3) is 0 Å². The Kier molecular flexibility index (Phi) is 5.45. The fourth-order valence-electron chi connectivity index (χ4n) is 3.05. The summed E-state index contributed by atoms with van der Waals surface area (Å²) in [5.74, 6) is -1.74. The Morgan fingerprint density at radius 2 is 2.12 bits per heavy atom. The average molecular weight is 360 g/mol. The van der Waals surface area contributed by atoms with Crippen molar-refractivity contribution < 1.29 is 19.4 Å². The lowest BCUT2D eigenvalue weighted by Crippen LogP contribution is -2.47. The quantitative estimate of drug-likeness (QED) is 0.773. The molecular formula is C18H20N2O4S. The number of hydrogen-bond donors (Lipinski definition) is 2. The maximum Gasteiger partial charge on any atom is 0.328 e. The summed E-state index contributed by atoms with van der Waals surface area (Å²) >= 11 is 1.59. The van der Waals surface area contributed by atoms with Crippen molar-refractivity contribution in [2.45, 2.75) is 24.8 Å². The maximum absolute atomic E-state index is 12.7. The zero-order valence-corrected chi connectivity index (χ0v) is 14.7. The molecule has 0 saturated heterocycles. The third-order valence-corrected chi connectivity index (χ3v) is 5.51. The van der Waals surface area contributed by atoms with Crippen LogP contribution in [0, 0.1) is 5.92 Å². The number of fused-ring (bicyclic) bond motifs is 1. The number of amides is 1. The Balaban J connectivity index is 1.82. The van der Waals surface area contributed by atoms with E-state index in [4.69, 9.17) is 4.74 Å². The van der Waals surface area contributed by atoms with E-state index in [-0.39, 0.29) is 24.3 Å². The van der Waals surface area contributed by atoms with Gasteiger partial charge in [-0.15, -0.1) is 11.3 Å². The minimum atomic E-state index is -1.10. The Morgan fingerprint density at radius 1 is 1.36 bits per heavy atom. The molecule has 1 aromatic heterocycles. The van der Waals surface area contributed by atoms with E-state index in [0.29, 0.717) is 6.42 Å². The number of carbonyl (C=O) groups is 2. The zero-order valence-electron chi connectivity index (χ0n) is 13.8. The van der Waals surface area contributed by atoms with Crippen LogP contribution in [-0.4, -0.2) is 41.7 Å². The van der Waals surface area contributed by atoms with Gasteiger partial charge in [0.05, 0.1) is 27.7 Å². The first-order valence-electron chi connectivity index (χ1n) is 8.12. The van der Waals surface area contributed by atoms with Crippen molar-refractivity contribution in [1.82, 2.24) is 10.3 Å². The predicted molar refractivity (Wildman–Crippen MR) is 95.7 cm³/mol. The summed E-state index contributed by atoms with van der Waals surface area (Å²) in [4.78, 5) is 28.6. The largest absolute Gasteiger partial charge is 0.480 e. The molecule has 0 radical (unpaired) electrons. The van der Waals surface area contributed by atoms with Crippen LogP contribution in [0.2, 0.25) is 0 Å². The molecule has 1 aliphatic carbocycles. The normalized spacial score (nSPS) is 21.2. The molecule has 7 heteroatoms. The number of para-hydroxylation sites is 1. The molecule has 3 unspecified atom stereocenters. The third-order valence-electron chi connectivity index (χ3n) is 4.34. The summed E-state index contributed by atoms with van der Waals surface area (Å²) in [6.45, 7) is -0.0601. The highest BCUT2D eigenvalue weighted by Crippen LogP contribution is 2.38. The maximum atomic E-state index is 12.7. The van der Waals surface area contributed by atoms with Crippen molar-refractivity contribution >= 4 is 33.4 Å². The van der Waals surface area contributed by atoms with Gasteiger partial charge in [0.1, 0.15) is 0 Å². The van der Waals surface area contributed by atoms with Gasteiger partial charge < -0.3 is 15.2 Å². The fraction of sp³-hybridized carbons (Fsp3) is 0.389. The van der Waals surface area contributed by atoms with Gasteiger partial charge in [-0.3, -0.25) is 4.79 Å². The first-order valence-corrected chi connectivity index (χ1v) is 8.94. The summed E-state index contributed by atoms with van der Waals surface area (Å²) in [7, 11) is 1.41. The van der Waals surface area contributed by atoms with E-state index < -0.39 is 12.0 Å². The lowest BCUT2D eigenvalue weighted by Gasteiger charge is -2.27. The second kappa shape index (κ2) is 7.76. The Bertz CT molecular complexity index is 768. The van der Waals surface area contributed by atoms with Gasteiger partial charge in [-0.1, -0.05) is 24.3 Å². The van der Waals surface area contributed by atoms with Crippen LogP contribution in [0.3, 0.4) is 0 Å². The number of rotatable bonds is 6. The van der Waals surface area contributed by atoms with Gasteiger partial charge in [0, 0.05) is 13.0 Å². The molecule has 0 fully saturated rings. The topological polar surface area (TPSA) is 88.5 Å². The number of allylic oxidation sites excluding steroid dienone is 2. The molecule has 1 aromatic carbocycles. The van der Waals surface area contributed by atoms with Gasteiger partial charge in [0.15, 0.2) is 6.04 Å². The van der Waals surface area contributed by atoms with Crippen molar-refractivity contribution in [3.8, 4) is 0 Å². The van der Waals surface area contributed by atoms with E-state index in [1.54, 1.807) is 11.3 Å². The van der Waals surface area contributed by atoms with Crippen LogP contribution in [-0.2, 0) is 14.3 Å². The molecule has 2 N–H and O–H groups in total. The highest BCUT2D eigenvalue weighted by Gasteiger charge is 2.34. The second-order valence-corrected chi connectivity index (χ2v) is 7.09. The number of carboxylic acids is 1. The monoisotopic (exact) mass is 360 g/mol. The van der Waals surface area contributed by atoms with Crippen LogP contribution >= 0.6 is 11.3 Å². The first-order chi connectivity index (χ1) is 12.1. The molecule has 0 spiro atoms. The average Bonchev–Trinajstić information content (AvgIpc) is 3.05. The number of nitrogens with one attached hydrogen (secondary N) is 1. The van der Waals surface area contributed by atoms with E-state index >= 15 is 0 Å². The third kappa shape index (κ3) is 3.88. The number of thiazole rings is 1. The van der Waals surface area contributed by atoms with E-state index in [0.717, 1.165) is 21.6 Å². The zero-order chi connectivity index (χ0) is 17.8. The molecule has 1 heterocycles. The molecule has 25 heavy (non-hydrogen) atoms. The molecule has 3 atom stereocenters. The minimum Gasteiger partial charge on any atom is -0.480 e. The van der Waals surface area contributed by atoms with Gasteiger partial charge in [-0.25, -0.2) is 9.78 Å². The van der Waals surface area contributed by atoms with Crippen molar-refractivity contribution in [3.63, 3.8) is 0 Å². The van der Waals surface area contributed by atoms with Crippen LogP contribution in [0.15, 0.2) is 36.4 Å². The number of benzene rings is 1. The minimum absolute atomic E-state index is 0.0422. The van der Waals surface area contributed by atoms with Gasteiger partial charge in [0.2, 0.25) is 5.91 Å². The van der Waals surface area contributed by atoms with Crippen LogP contribution in [0.4, 0.5) is 0 Å². The highest BCUT2D eigenvalue weighted by molar-refractivity contribution is 7.18. The van der Waals surface area contributed by atoms with Crippen LogP contribution in [0.1, 0.15) is 23.8 Å². The van der Waals surface area contributed by atoms with E-state index in [9.17, 15) is 14.7 Å². The number of methoxy groups -OCH3 is 1. The standard InChI is InChI=1S/C18H20N2O4S/c1-24-10-14(18(22)23)19-16(21)11-6-2-3-7-12(11)17-20-13-8-4-5-9-15(13)25-17/h2-5,8-9,11-12,14H,6-7,10H2,1H3,(H,19,21)(H,22,23). The predicted octanol–water partition coefficient (Wildman–Crippen LogP) is 2.56. The number of aliphatic carboxylic acids is 1.